The molecule has 0 amide bonds. The van der Waals surface area contributed by atoms with Gasteiger partial charge >= 0.3 is 12.4 Å². The Balaban J connectivity index is 3.19. The van der Waals surface area contributed by atoms with Crippen LogP contribution in [0.5, 0.6) is 0 Å². The maximum Gasteiger partial charge on any atom is 0.402 e. The van der Waals surface area contributed by atoms with Crippen LogP contribution < -0.4 is 0 Å². The fourth-order valence-corrected chi connectivity index (χ4v) is 4.82. The van der Waals surface area contributed by atoms with E-state index in [0.717, 1.165) is 17.4 Å². The summed E-state index contributed by atoms with van der Waals surface area (Å²) in [4.78, 5) is 0. The first kappa shape index (κ1) is 16.6. The molecule has 1 aromatic heterocycles. The second-order valence-corrected chi connectivity index (χ2v) is 7.46. The van der Waals surface area contributed by atoms with Crippen LogP contribution in [0.1, 0.15) is 10.9 Å². The fraction of sp³-hybridized carbons (Fsp3) is 0.500. The summed E-state index contributed by atoms with van der Waals surface area (Å²) < 4.78 is 75.3. The van der Waals surface area contributed by atoms with Crippen molar-refractivity contribution in [3.05, 3.63) is 19.2 Å². The SMILES string of the molecule is FC(F)(F)C(C(Cl)c1cc(Br)sc1Br)C(F)(F)F. The van der Waals surface area contributed by atoms with Gasteiger partial charge in [0.2, 0.25) is 0 Å². The van der Waals surface area contributed by atoms with Gasteiger partial charge in [-0.05, 0) is 43.5 Å². The summed E-state index contributed by atoms with van der Waals surface area (Å²) in [6.07, 6.45) is -10.9. The molecule has 1 unspecified atom stereocenters. The van der Waals surface area contributed by atoms with Crippen LogP contribution in [0.25, 0.3) is 0 Å². The maximum absolute atomic E-state index is 12.5. The van der Waals surface area contributed by atoms with Gasteiger partial charge in [0.1, 0.15) is 0 Å². The monoisotopic (exact) mass is 438 g/mol. The van der Waals surface area contributed by atoms with Crippen molar-refractivity contribution in [1.82, 2.24) is 0 Å². The molecule has 0 nitrogen and oxygen atoms in total. The molecule has 104 valence electrons. The van der Waals surface area contributed by atoms with Crippen LogP contribution in [0.15, 0.2) is 13.6 Å². The highest BCUT2D eigenvalue weighted by Crippen LogP contribution is 2.51. The summed E-state index contributed by atoms with van der Waals surface area (Å²) in [7, 11) is 0. The van der Waals surface area contributed by atoms with Gasteiger partial charge in [-0.15, -0.1) is 22.9 Å². The molecule has 0 radical (unpaired) electrons. The predicted octanol–water partition coefficient (Wildman–Crippen LogP) is 6.29. The van der Waals surface area contributed by atoms with E-state index in [-0.39, 0.29) is 9.35 Å². The number of thiophene rings is 1. The minimum absolute atomic E-state index is 0.132. The molecule has 0 aliphatic heterocycles. The lowest BCUT2D eigenvalue weighted by atomic mass is 9.99. The molecular formula is C8H3Br2ClF6S. The Labute approximate surface area is 124 Å². The smallest absolute Gasteiger partial charge is 0.170 e. The van der Waals surface area contributed by atoms with Crippen LogP contribution in [-0.4, -0.2) is 12.4 Å². The molecule has 10 heteroatoms. The highest BCUT2D eigenvalue weighted by Gasteiger charge is 2.60. The number of halogens is 9. The van der Waals surface area contributed by atoms with Crippen LogP contribution in [0, 0.1) is 5.92 Å². The van der Waals surface area contributed by atoms with Gasteiger partial charge in [-0.25, -0.2) is 0 Å². The third-order valence-corrected chi connectivity index (χ3v) is 4.85. The van der Waals surface area contributed by atoms with E-state index in [2.05, 4.69) is 31.9 Å². The highest BCUT2D eigenvalue weighted by atomic mass is 79.9. The van der Waals surface area contributed by atoms with Gasteiger partial charge in [0.25, 0.3) is 0 Å². The van der Waals surface area contributed by atoms with Gasteiger partial charge in [-0.3, -0.25) is 0 Å². The van der Waals surface area contributed by atoms with Crippen LogP contribution in [0.3, 0.4) is 0 Å². The Bertz CT molecular complexity index is 412. The van der Waals surface area contributed by atoms with E-state index in [1.807, 2.05) is 0 Å². The van der Waals surface area contributed by atoms with Crippen molar-refractivity contribution in [3.8, 4) is 0 Å². The molecule has 1 rings (SSSR count). The third kappa shape index (κ3) is 3.77. The molecule has 0 aliphatic rings. The van der Waals surface area contributed by atoms with Gasteiger partial charge in [-0.1, -0.05) is 0 Å². The van der Waals surface area contributed by atoms with E-state index in [4.69, 9.17) is 11.6 Å². The Morgan fingerprint density at radius 3 is 1.78 bits per heavy atom. The highest BCUT2D eigenvalue weighted by molar-refractivity contribution is 9.12. The molecule has 0 fully saturated rings. The molecule has 0 spiro atoms. The molecular weight excluding hydrogens is 437 g/mol. The van der Waals surface area contributed by atoms with Crippen LogP contribution in [0.4, 0.5) is 26.3 Å². The van der Waals surface area contributed by atoms with Gasteiger partial charge in [0, 0.05) is 0 Å². The summed E-state index contributed by atoms with van der Waals surface area (Å²) in [6.45, 7) is 0. The first-order chi connectivity index (χ1) is 7.94. The minimum Gasteiger partial charge on any atom is -0.170 e. The lowest BCUT2D eigenvalue weighted by molar-refractivity contribution is -0.284. The fourth-order valence-electron chi connectivity index (χ4n) is 1.24. The summed E-state index contributed by atoms with van der Waals surface area (Å²) in [5.41, 5.74) is -0.242. The van der Waals surface area contributed by atoms with Crippen LogP contribution >= 0.6 is 54.8 Å². The molecule has 0 bridgehead atoms. The van der Waals surface area contributed by atoms with E-state index < -0.39 is 23.6 Å². The molecule has 1 aromatic rings. The van der Waals surface area contributed by atoms with Crippen molar-refractivity contribution < 1.29 is 26.3 Å². The number of hydrogen-bond donors (Lipinski definition) is 0. The van der Waals surface area contributed by atoms with Crippen LogP contribution in [0.2, 0.25) is 0 Å². The molecule has 0 saturated heterocycles. The number of alkyl halides is 7. The second kappa shape index (κ2) is 5.49. The molecule has 0 aliphatic carbocycles. The van der Waals surface area contributed by atoms with Crippen molar-refractivity contribution in [3.63, 3.8) is 0 Å². The standard InChI is InChI=1S/C8H3Br2ClF6S/c9-3-1-2(6(10)18-3)4(11)5(7(12,13)14)8(15,16)17/h1,4-5H. The maximum atomic E-state index is 12.5. The zero-order valence-electron chi connectivity index (χ0n) is 8.04. The van der Waals surface area contributed by atoms with Crippen molar-refractivity contribution in [1.29, 1.82) is 0 Å². The van der Waals surface area contributed by atoms with Gasteiger partial charge in [0.05, 0.1) is 12.9 Å². The Kier molecular flexibility index (Phi) is 5.06. The van der Waals surface area contributed by atoms with Crippen molar-refractivity contribution >= 4 is 54.8 Å². The predicted molar refractivity (Wildman–Crippen MR) is 63.9 cm³/mol. The first-order valence-electron chi connectivity index (χ1n) is 4.17. The van der Waals surface area contributed by atoms with E-state index >= 15 is 0 Å². The van der Waals surface area contributed by atoms with Gasteiger partial charge in [-0.2, -0.15) is 26.3 Å². The van der Waals surface area contributed by atoms with Gasteiger partial charge < -0.3 is 0 Å². The largest absolute Gasteiger partial charge is 0.402 e. The summed E-state index contributed by atoms with van der Waals surface area (Å²) in [5, 5.41) is -2.23. The lowest BCUT2D eigenvalue weighted by Gasteiger charge is -2.26. The van der Waals surface area contributed by atoms with E-state index in [1.54, 1.807) is 0 Å². The molecule has 1 atom stereocenters. The van der Waals surface area contributed by atoms with Crippen molar-refractivity contribution in [2.45, 2.75) is 17.7 Å². The Hall–Kier alpha value is 0.530. The van der Waals surface area contributed by atoms with E-state index in [0.29, 0.717) is 3.79 Å². The normalized spacial score (nSPS) is 15.2. The molecule has 1 heterocycles. The van der Waals surface area contributed by atoms with Crippen molar-refractivity contribution in [2.75, 3.05) is 0 Å². The zero-order valence-corrected chi connectivity index (χ0v) is 12.8. The first-order valence-corrected chi connectivity index (χ1v) is 7.00. The molecule has 0 aromatic carbocycles. The summed E-state index contributed by atoms with van der Waals surface area (Å²) in [6, 6.07) is 1.14. The third-order valence-electron chi connectivity index (χ3n) is 1.98. The van der Waals surface area contributed by atoms with Gasteiger partial charge in [0.15, 0.2) is 5.92 Å². The van der Waals surface area contributed by atoms with Crippen molar-refractivity contribution in [2.24, 2.45) is 5.92 Å². The lowest BCUT2D eigenvalue weighted by Crippen LogP contribution is -2.39. The number of hydrogen-bond acceptors (Lipinski definition) is 1. The van der Waals surface area contributed by atoms with E-state index in [9.17, 15) is 26.3 Å². The Morgan fingerprint density at radius 2 is 1.50 bits per heavy atom. The molecule has 0 N–H and O–H groups in total. The topological polar surface area (TPSA) is 0 Å². The Morgan fingerprint density at radius 1 is 1.06 bits per heavy atom. The average molecular weight is 440 g/mol. The van der Waals surface area contributed by atoms with Crippen LogP contribution in [-0.2, 0) is 0 Å². The average Bonchev–Trinajstić information content (AvgIpc) is 2.39. The second-order valence-electron chi connectivity index (χ2n) is 3.24. The van der Waals surface area contributed by atoms with E-state index in [1.165, 1.54) is 0 Å². The summed E-state index contributed by atoms with van der Waals surface area (Å²) in [5.74, 6) is -3.61. The quantitative estimate of drug-likeness (QED) is 0.374. The number of rotatable bonds is 2. The molecule has 18 heavy (non-hydrogen) atoms. The minimum atomic E-state index is -5.46. The molecule has 0 saturated carbocycles. The zero-order chi connectivity index (χ0) is 14.3. The summed E-state index contributed by atoms with van der Waals surface area (Å²) >= 11 is 12.2.